The van der Waals surface area contributed by atoms with E-state index in [1.165, 1.54) is 24.0 Å². The molecule has 0 unspecified atom stereocenters. The summed E-state index contributed by atoms with van der Waals surface area (Å²) in [6, 6.07) is 5.99. The first kappa shape index (κ1) is 15.5. The molecule has 0 spiro atoms. The molecule has 23 heavy (non-hydrogen) atoms. The van der Waals surface area contributed by atoms with Gasteiger partial charge in [-0.1, -0.05) is 26.8 Å². The Hall–Kier alpha value is -1.02. The Morgan fingerprint density at radius 1 is 1.04 bits per heavy atom. The molecule has 0 saturated heterocycles. The average molecular weight is 314 g/mol. The summed E-state index contributed by atoms with van der Waals surface area (Å²) in [6.45, 7) is 7.21. The smallest absolute Gasteiger partial charge is 0.115 e. The Bertz CT molecular complexity index is 620. The lowest BCUT2D eigenvalue weighted by Crippen LogP contribution is -2.57. The number of rotatable bonds is 0. The van der Waals surface area contributed by atoms with Crippen molar-refractivity contribution < 1.29 is 10.2 Å². The molecule has 0 amide bonds. The molecule has 2 N–H and O–H groups in total. The zero-order chi connectivity index (χ0) is 16.4. The third-order valence-electron chi connectivity index (χ3n) is 7.59. The lowest BCUT2D eigenvalue weighted by atomic mass is 9.44. The molecule has 0 heterocycles. The lowest BCUT2D eigenvalue weighted by Gasteiger charge is -2.62. The number of fused-ring (bicyclic) bond motifs is 5. The first-order valence-corrected chi connectivity index (χ1v) is 9.33. The van der Waals surface area contributed by atoms with Crippen LogP contribution in [0.4, 0.5) is 0 Å². The molecule has 3 aliphatic rings. The Morgan fingerprint density at radius 3 is 2.61 bits per heavy atom. The maximum absolute atomic E-state index is 10.8. The summed E-state index contributed by atoms with van der Waals surface area (Å²) in [5, 5.41) is 20.6. The minimum Gasteiger partial charge on any atom is -0.508 e. The molecule has 4 rings (SSSR count). The predicted octanol–water partition coefficient (Wildman–Crippen LogP) is 4.64. The van der Waals surface area contributed by atoms with Gasteiger partial charge in [0.1, 0.15) is 5.75 Å². The number of aliphatic hydroxyl groups is 1. The Labute approximate surface area is 139 Å². The first-order chi connectivity index (χ1) is 10.8. The van der Waals surface area contributed by atoms with E-state index in [0.29, 0.717) is 28.9 Å². The van der Waals surface area contributed by atoms with E-state index in [-0.39, 0.29) is 11.5 Å². The highest BCUT2D eigenvalue weighted by molar-refractivity contribution is 5.40. The topological polar surface area (TPSA) is 40.5 Å². The summed E-state index contributed by atoms with van der Waals surface area (Å²) < 4.78 is 0. The summed E-state index contributed by atoms with van der Waals surface area (Å²) in [5.74, 6) is 2.29. The number of benzene rings is 1. The highest BCUT2D eigenvalue weighted by atomic mass is 16.3. The fourth-order valence-corrected chi connectivity index (χ4v) is 6.64. The molecular formula is C21H30O2. The number of hydrogen-bond acceptors (Lipinski definition) is 2. The summed E-state index contributed by atoms with van der Waals surface area (Å²) in [7, 11) is 0. The number of aryl methyl sites for hydroxylation is 1. The molecule has 5 atom stereocenters. The maximum Gasteiger partial charge on any atom is 0.115 e. The summed E-state index contributed by atoms with van der Waals surface area (Å²) in [4.78, 5) is 0. The van der Waals surface area contributed by atoms with Crippen molar-refractivity contribution in [3.8, 4) is 5.75 Å². The van der Waals surface area contributed by atoms with Gasteiger partial charge in [0.25, 0.3) is 0 Å². The van der Waals surface area contributed by atoms with Crippen molar-refractivity contribution in [1.82, 2.24) is 0 Å². The minimum absolute atomic E-state index is 0.0807. The fourth-order valence-electron chi connectivity index (χ4n) is 6.64. The molecule has 0 bridgehead atoms. The van der Waals surface area contributed by atoms with Crippen molar-refractivity contribution in [3.05, 3.63) is 29.3 Å². The van der Waals surface area contributed by atoms with E-state index in [1.807, 2.05) is 12.1 Å². The molecule has 2 nitrogen and oxygen atoms in total. The van der Waals surface area contributed by atoms with Crippen LogP contribution in [-0.2, 0) is 6.42 Å². The SMILES string of the molecule is CC1(C)CC[C@H](O)[C@@]2(C)CC[C@@H]3c4ccc(O)cc4CC[C@H]3[C@H]12. The second-order valence-electron chi connectivity index (χ2n) is 9.26. The van der Waals surface area contributed by atoms with Gasteiger partial charge in [-0.3, -0.25) is 0 Å². The summed E-state index contributed by atoms with van der Waals surface area (Å²) in [5.41, 5.74) is 3.21. The molecule has 1 aromatic carbocycles. The van der Waals surface area contributed by atoms with E-state index in [2.05, 4.69) is 26.8 Å². The van der Waals surface area contributed by atoms with Gasteiger partial charge >= 0.3 is 0 Å². The maximum atomic E-state index is 10.8. The molecule has 2 fully saturated rings. The van der Waals surface area contributed by atoms with Crippen LogP contribution in [0.5, 0.6) is 5.75 Å². The normalized spacial score (nSPS) is 41.6. The second kappa shape index (κ2) is 4.99. The van der Waals surface area contributed by atoms with E-state index in [0.717, 1.165) is 25.7 Å². The molecule has 1 aromatic rings. The van der Waals surface area contributed by atoms with E-state index >= 15 is 0 Å². The predicted molar refractivity (Wildman–Crippen MR) is 92.5 cm³/mol. The van der Waals surface area contributed by atoms with E-state index in [4.69, 9.17) is 0 Å². The van der Waals surface area contributed by atoms with Crippen LogP contribution in [0.15, 0.2) is 18.2 Å². The van der Waals surface area contributed by atoms with Crippen LogP contribution >= 0.6 is 0 Å². The molecule has 2 saturated carbocycles. The van der Waals surface area contributed by atoms with Crippen molar-refractivity contribution in [3.63, 3.8) is 0 Å². The van der Waals surface area contributed by atoms with Gasteiger partial charge in [-0.2, -0.15) is 0 Å². The minimum atomic E-state index is -0.136. The van der Waals surface area contributed by atoms with Gasteiger partial charge in [0.05, 0.1) is 6.10 Å². The van der Waals surface area contributed by atoms with Crippen molar-refractivity contribution in [2.24, 2.45) is 22.7 Å². The van der Waals surface area contributed by atoms with E-state index < -0.39 is 0 Å². The molecule has 3 aliphatic carbocycles. The molecule has 2 heteroatoms. The van der Waals surface area contributed by atoms with Crippen molar-refractivity contribution in [2.45, 2.75) is 71.3 Å². The van der Waals surface area contributed by atoms with Gasteiger partial charge in [0.15, 0.2) is 0 Å². The highest BCUT2D eigenvalue weighted by Crippen LogP contribution is 2.64. The van der Waals surface area contributed by atoms with E-state index in [1.54, 1.807) is 0 Å². The van der Waals surface area contributed by atoms with Crippen LogP contribution in [0.1, 0.15) is 69.9 Å². The van der Waals surface area contributed by atoms with Crippen molar-refractivity contribution in [2.75, 3.05) is 0 Å². The molecular weight excluding hydrogens is 284 g/mol. The van der Waals surface area contributed by atoms with Gasteiger partial charge < -0.3 is 10.2 Å². The van der Waals surface area contributed by atoms with Gasteiger partial charge in [-0.15, -0.1) is 0 Å². The monoisotopic (exact) mass is 314 g/mol. The van der Waals surface area contributed by atoms with E-state index in [9.17, 15) is 10.2 Å². The third kappa shape index (κ3) is 2.17. The number of phenols is 1. The quantitative estimate of drug-likeness (QED) is 0.732. The summed E-state index contributed by atoms with van der Waals surface area (Å²) >= 11 is 0. The fraction of sp³-hybridized carbons (Fsp3) is 0.714. The lowest BCUT2D eigenvalue weighted by molar-refractivity contribution is -0.152. The number of phenolic OH excluding ortho intramolecular Hbond substituents is 1. The van der Waals surface area contributed by atoms with Gasteiger partial charge in [0, 0.05) is 0 Å². The number of hydrogen-bond donors (Lipinski definition) is 2. The third-order valence-corrected chi connectivity index (χ3v) is 7.59. The molecule has 0 aliphatic heterocycles. The summed E-state index contributed by atoms with van der Waals surface area (Å²) in [6.07, 6.45) is 6.55. The Balaban J connectivity index is 1.76. The molecule has 0 aromatic heterocycles. The Morgan fingerprint density at radius 2 is 1.83 bits per heavy atom. The van der Waals surface area contributed by atoms with Crippen LogP contribution in [0.25, 0.3) is 0 Å². The Kier molecular flexibility index (Phi) is 3.36. The van der Waals surface area contributed by atoms with Crippen LogP contribution in [0.3, 0.4) is 0 Å². The largest absolute Gasteiger partial charge is 0.508 e. The van der Waals surface area contributed by atoms with Gasteiger partial charge in [-0.25, -0.2) is 0 Å². The first-order valence-electron chi connectivity index (χ1n) is 9.33. The zero-order valence-corrected chi connectivity index (χ0v) is 14.7. The van der Waals surface area contributed by atoms with Crippen LogP contribution in [0.2, 0.25) is 0 Å². The molecule has 126 valence electrons. The second-order valence-corrected chi connectivity index (χ2v) is 9.26. The van der Waals surface area contributed by atoms with Crippen molar-refractivity contribution in [1.29, 1.82) is 0 Å². The number of aromatic hydroxyl groups is 1. The van der Waals surface area contributed by atoms with Crippen LogP contribution in [-0.4, -0.2) is 16.3 Å². The highest BCUT2D eigenvalue weighted by Gasteiger charge is 2.58. The van der Waals surface area contributed by atoms with Gasteiger partial charge in [-0.05, 0) is 90.4 Å². The zero-order valence-electron chi connectivity index (χ0n) is 14.7. The van der Waals surface area contributed by atoms with Crippen molar-refractivity contribution >= 4 is 0 Å². The standard InChI is InChI=1S/C21H30O2/c1-20(2)10-9-18(23)21(3)11-8-16-15-7-5-14(22)12-13(15)4-6-17(16)19(20)21/h5,7,12,16-19,22-23H,4,6,8-11H2,1-3H3/t16-,17-,18+,19-,21-/m1/s1. The average Bonchev–Trinajstić information content (AvgIpc) is 2.50. The van der Waals surface area contributed by atoms with Crippen LogP contribution < -0.4 is 0 Å². The number of aliphatic hydroxyl groups excluding tert-OH is 1. The van der Waals surface area contributed by atoms with Gasteiger partial charge in [0.2, 0.25) is 0 Å². The molecule has 0 radical (unpaired) electrons. The van der Waals surface area contributed by atoms with Crippen LogP contribution in [0, 0.1) is 22.7 Å².